The van der Waals surface area contributed by atoms with Crippen LogP contribution in [0.15, 0.2) is 0 Å². The first-order valence-corrected chi connectivity index (χ1v) is 9.75. The van der Waals surface area contributed by atoms with Crippen LogP contribution in [0.25, 0.3) is 0 Å². The van der Waals surface area contributed by atoms with Crippen molar-refractivity contribution in [2.75, 3.05) is 59.0 Å². The van der Waals surface area contributed by atoms with Gasteiger partial charge >= 0.3 is 6.03 Å². The number of ether oxygens (including phenoxy) is 1. The van der Waals surface area contributed by atoms with Crippen molar-refractivity contribution in [3.8, 4) is 0 Å². The van der Waals surface area contributed by atoms with Crippen LogP contribution in [-0.2, 0) is 9.53 Å². The fraction of sp³-hybridized carbons (Fsp3) is 0.889. The standard InChI is InChI=1S/C18H32N4O3/c1-15-2-4-16(5-3-15)19-18(24)22-8-6-21(7-9-22)17(23)14-20-10-12-25-13-11-20/h15-16H,2-14H2,1H3,(H,19,24). The van der Waals surface area contributed by atoms with Crippen molar-refractivity contribution in [1.29, 1.82) is 0 Å². The van der Waals surface area contributed by atoms with Crippen LogP contribution in [0.4, 0.5) is 4.79 Å². The molecule has 3 fully saturated rings. The molecule has 142 valence electrons. The Balaban J connectivity index is 1.37. The van der Waals surface area contributed by atoms with Crippen LogP contribution in [0.1, 0.15) is 32.6 Å². The van der Waals surface area contributed by atoms with Crippen molar-refractivity contribution in [3.05, 3.63) is 0 Å². The third-order valence-electron chi connectivity index (χ3n) is 5.73. The fourth-order valence-electron chi connectivity index (χ4n) is 3.88. The monoisotopic (exact) mass is 352 g/mol. The lowest BCUT2D eigenvalue weighted by molar-refractivity contribution is -0.134. The van der Waals surface area contributed by atoms with E-state index in [4.69, 9.17) is 4.74 Å². The minimum absolute atomic E-state index is 0.0415. The summed E-state index contributed by atoms with van der Waals surface area (Å²) in [6, 6.07) is 0.365. The molecule has 1 saturated carbocycles. The maximum absolute atomic E-state index is 12.4. The highest BCUT2D eigenvalue weighted by Crippen LogP contribution is 2.23. The van der Waals surface area contributed by atoms with Gasteiger partial charge in [0.1, 0.15) is 0 Å². The molecule has 3 aliphatic rings. The normalized spacial score (nSPS) is 28.7. The van der Waals surface area contributed by atoms with Crippen LogP contribution < -0.4 is 5.32 Å². The average Bonchev–Trinajstić information content (AvgIpc) is 2.64. The first-order valence-electron chi connectivity index (χ1n) is 9.75. The molecule has 0 aromatic heterocycles. The molecule has 1 aliphatic carbocycles. The van der Waals surface area contributed by atoms with Crippen molar-refractivity contribution in [2.24, 2.45) is 5.92 Å². The van der Waals surface area contributed by atoms with E-state index in [1.807, 2.05) is 9.80 Å². The van der Waals surface area contributed by atoms with Gasteiger partial charge in [-0.3, -0.25) is 9.69 Å². The Kier molecular flexibility index (Phi) is 6.53. The van der Waals surface area contributed by atoms with Gasteiger partial charge in [-0.1, -0.05) is 6.92 Å². The van der Waals surface area contributed by atoms with Crippen LogP contribution in [0, 0.1) is 5.92 Å². The van der Waals surface area contributed by atoms with E-state index in [2.05, 4.69) is 17.1 Å². The summed E-state index contributed by atoms with van der Waals surface area (Å²) in [5, 5.41) is 3.18. The number of rotatable bonds is 3. The molecule has 7 nitrogen and oxygen atoms in total. The summed E-state index contributed by atoms with van der Waals surface area (Å²) >= 11 is 0. The summed E-state index contributed by atoms with van der Waals surface area (Å²) in [5.74, 6) is 0.956. The third kappa shape index (κ3) is 5.31. The van der Waals surface area contributed by atoms with Crippen molar-refractivity contribution >= 4 is 11.9 Å². The Morgan fingerprint density at radius 3 is 2.16 bits per heavy atom. The molecule has 0 aromatic carbocycles. The number of urea groups is 1. The van der Waals surface area contributed by atoms with Gasteiger partial charge in [-0.25, -0.2) is 4.79 Å². The molecule has 0 spiro atoms. The second kappa shape index (κ2) is 8.85. The predicted molar refractivity (Wildman–Crippen MR) is 95.4 cm³/mol. The molecule has 0 unspecified atom stereocenters. The number of nitrogens with zero attached hydrogens (tertiary/aromatic N) is 3. The third-order valence-corrected chi connectivity index (χ3v) is 5.73. The summed E-state index contributed by atoms with van der Waals surface area (Å²) in [6.07, 6.45) is 4.58. The van der Waals surface area contributed by atoms with E-state index < -0.39 is 0 Å². The Morgan fingerprint density at radius 1 is 0.920 bits per heavy atom. The van der Waals surface area contributed by atoms with Gasteiger partial charge in [-0.15, -0.1) is 0 Å². The summed E-state index contributed by atoms with van der Waals surface area (Å²) in [4.78, 5) is 30.7. The van der Waals surface area contributed by atoms with Gasteiger partial charge in [0.25, 0.3) is 0 Å². The predicted octanol–water partition coefficient (Wildman–Crippen LogP) is 0.751. The zero-order valence-corrected chi connectivity index (χ0v) is 15.4. The quantitative estimate of drug-likeness (QED) is 0.814. The molecule has 2 aliphatic heterocycles. The molecule has 3 rings (SSSR count). The van der Waals surface area contributed by atoms with Gasteiger partial charge in [0.15, 0.2) is 0 Å². The van der Waals surface area contributed by atoms with Gasteiger partial charge in [-0.2, -0.15) is 0 Å². The number of carbonyl (C=O) groups is 2. The van der Waals surface area contributed by atoms with Crippen molar-refractivity contribution in [2.45, 2.75) is 38.6 Å². The lowest BCUT2D eigenvalue weighted by Crippen LogP contribution is -2.56. The highest BCUT2D eigenvalue weighted by Gasteiger charge is 2.27. The molecular formula is C18H32N4O3. The molecule has 0 atom stereocenters. The molecule has 0 radical (unpaired) electrons. The maximum Gasteiger partial charge on any atom is 0.317 e. The molecule has 2 saturated heterocycles. The van der Waals surface area contributed by atoms with E-state index >= 15 is 0 Å². The van der Waals surface area contributed by atoms with E-state index in [1.54, 1.807) is 0 Å². The van der Waals surface area contributed by atoms with E-state index in [9.17, 15) is 9.59 Å². The number of amides is 3. The molecule has 7 heteroatoms. The SMILES string of the molecule is CC1CCC(NC(=O)N2CCN(C(=O)CN3CCOCC3)CC2)CC1. The highest BCUT2D eigenvalue weighted by molar-refractivity contribution is 5.79. The van der Waals surface area contributed by atoms with Gasteiger partial charge in [-0.05, 0) is 31.6 Å². The molecule has 0 aromatic rings. The molecule has 25 heavy (non-hydrogen) atoms. The smallest absolute Gasteiger partial charge is 0.317 e. The van der Waals surface area contributed by atoms with Crippen molar-refractivity contribution < 1.29 is 14.3 Å². The summed E-state index contributed by atoms with van der Waals surface area (Å²) in [5.41, 5.74) is 0. The van der Waals surface area contributed by atoms with Gasteiger partial charge in [0, 0.05) is 45.3 Å². The van der Waals surface area contributed by atoms with E-state index in [0.717, 1.165) is 31.8 Å². The Morgan fingerprint density at radius 2 is 1.52 bits per heavy atom. The van der Waals surface area contributed by atoms with Crippen molar-refractivity contribution in [3.63, 3.8) is 0 Å². The van der Waals surface area contributed by atoms with Crippen LogP contribution in [0.5, 0.6) is 0 Å². The first-order chi connectivity index (χ1) is 12.1. The largest absolute Gasteiger partial charge is 0.379 e. The maximum atomic E-state index is 12.4. The Hall–Kier alpha value is -1.34. The van der Waals surface area contributed by atoms with E-state index in [1.165, 1.54) is 12.8 Å². The molecular weight excluding hydrogens is 320 g/mol. The summed E-state index contributed by atoms with van der Waals surface area (Å²) in [6.45, 7) is 8.36. The topological polar surface area (TPSA) is 65.1 Å². The lowest BCUT2D eigenvalue weighted by Gasteiger charge is -2.37. The van der Waals surface area contributed by atoms with Crippen LogP contribution in [0.2, 0.25) is 0 Å². The lowest BCUT2D eigenvalue weighted by atomic mass is 9.87. The van der Waals surface area contributed by atoms with Crippen LogP contribution in [0.3, 0.4) is 0 Å². The zero-order valence-electron chi connectivity index (χ0n) is 15.4. The van der Waals surface area contributed by atoms with Gasteiger partial charge in [0.2, 0.25) is 5.91 Å². The minimum Gasteiger partial charge on any atom is -0.379 e. The molecule has 3 amide bonds. The number of hydrogen-bond donors (Lipinski definition) is 1. The highest BCUT2D eigenvalue weighted by atomic mass is 16.5. The number of morpholine rings is 1. The Bertz CT molecular complexity index is 451. The number of nitrogens with one attached hydrogen (secondary N) is 1. The van der Waals surface area contributed by atoms with Gasteiger partial charge < -0.3 is 19.9 Å². The number of carbonyl (C=O) groups excluding carboxylic acids is 2. The molecule has 0 bridgehead atoms. The van der Waals surface area contributed by atoms with E-state index in [-0.39, 0.29) is 11.9 Å². The second-order valence-electron chi connectivity index (χ2n) is 7.66. The van der Waals surface area contributed by atoms with Crippen molar-refractivity contribution in [1.82, 2.24) is 20.0 Å². The molecule has 1 N–H and O–H groups in total. The van der Waals surface area contributed by atoms with Crippen LogP contribution in [-0.4, -0.2) is 91.7 Å². The average molecular weight is 352 g/mol. The summed E-state index contributed by atoms with van der Waals surface area (Å²) < 4.78 is 5.32. The van der Waals surface area contributed by atoms with E-state index in [0.29, 0.717) is 52.0 Å². The Labute approximate surface area is 150 Å². The number of piperazine rings is 1. The first kappa shape index (κ1) is 18.5. The van der Waals surface area contributed by atoms with Gasteiger partial charge in [0.05, 0.1) is 19.8 Å². The second-order valence-corrected chi connectivity index (χ2v) is 7.66. The fourth-order valence-corrected chi connectivity index (χ4v) is 3.88. The zero-order chi connectivity index (χ0) is 17.6. The molecule has 2 heterocycles. The minimum atomic E-state index is 0.0415. The van der Waals surface area contributed by atoms with Crippen LogP contribution >= 0.6 is 0 Å². The summed E-state index contributed by atoms with van der Waals surface area (Å²) in [7, 11) is 0. The number of hydrogen-bond acceptors (Lipinski definition) is 4.